The summed E-state index contributed by atoms with van der Waals surface area (Å²) in [6.45, 7) is 3.04. The van der Waals surface area contributed by atoms with Crippen LogP contribution in [0.25, 0.3) is 11.6 Å². The van der Waals surface area contributed by atoms with Crippen molar-refractivity contribution in [1.82, 2.24) is 0 Å². The van der Waals surface area contributed by atoms with Crippen LogP contribution in [0.4, 0.5) is 0 Å². The van der Waals surface area contributed by atoms with Gasteiger partial charge >= 0.3 is 11.9 Å². The van der Waals surface area contributed by atoms with Crippen LogP contribution in [0.5, 0.6) is 11.5 Å². The lowest BCUT2D eigenvalue weighted by atomic mass is 9.73. The Morgan fingerprint density at radius 1 is 0.519 bits per heavy atom. The third-order valence-corrected chi connectivity index (χ3v) is 15.4. The first-order chi connectivity index (χ1) is 26.4. The summed E-state index contributed by atoms with van der Waals surface area (Å²) in [6, 6.07) is 28.1. The SMILES string of the molecule is CC(=O)Oc1c2c(c(OC(C)=O)c3c1C1CC3c3cc4c(cc31)C1CC4c3ccccc31)CC1=C3CC(C1=C2)c1cc2c(cc13)C1CC2c2ccccc21. The largest absolute Gasteiger partial charge is 0.426 e. The Morgan fingerprint density at radius 2 is 0.981 bits per heavy atom. The molecule has 0 radical (unpaired) electrons. The average Bonchev–Trinajstić information content (AvgIpc) is 4.05. The van der Waals surface area contributed by atoms with E-state index in [2.05, 4.69) is 78.9 Å². The second-order valence-corrected chi connectivity index (χ2v) is 17.5. The Balaban J connectivity index is 0.946. The summed E-state index contributed by atoms with van der Waals surface area (Å²) in [6.07, 6.45) is 7.26. The highest BCUT2D eigenvalue weighted by Crippen LogP contribution is 2.68. The molecular formula is C50H36O4. The molecule has 4 nitrogen and oxygen atoms in total. The molecule has 0 saturated heterocycles. The van der Waals surface area contributed by atoms with Crippen molar-refractivity contribution in [2.75, 3.05) is 0 Å². The highest BCUT2D eigenvalue weighted by atomic mass is 16.5. The number of carbonyl (C=O) groups is 2. The van der Waals surface area contributed by atoms with Gasteiger partial charge in [-0.3, -0.25) is 9.59 Å². The molecule has 14 rings (SSSR count). The second kappa shape index (κ2) is 9.41. The van der Waals surface area contributed by atoms with Crippen molar-refractivity contribution in [3.63, 3.8) is 0 Å². The molecule has 260 valence electrons. The minimum Gasteiger partial charge on any atom is -0.426 e. The van der Waals surface area contributed by atoms with E-state index in [1.807, 2.05) is 0 Å². The van der Waals surface area contributed by atoms with Gasteiger partial charge in [-0.2, -0.15) is 0 Å². The van der Waals surface area contributed by atoms with Gasteiger partial charge in [0.05, 0.1) is 0 Å². The Hall–Kier alpha value is -5.48. The summed E-state index contributed by atoms with van der Waals surface area (Å²) in [5.41, 5.74) is 25.8. The van der Waals surface area contributed by atoms with Crippen LogP contribution in [0.1, 0.15) is 170 Å². The molecule has 0 heterocycles. The molecule has 0 spiro atoms. The molecule has 8 bridgehead atoms. The number of esters is 2. The number of ether oxygens (including phenoxy) is 2. The number of fused-ring (bicyclic) bond motifs is 32. The van der Waals surface area contributed by atoms with E-state index in [0.717, 1.165) is 41.5 Å². The molecule has 4 heteroatoms. The molecule has 0 N–H and O–H groups in total. The minimum atomic E-state index is -0.308. The van der Waals surface area contributed by atoms with Gasteiger partial charge in [-0.25, -0.2) is 0 Å². The van der Waals surface area contributed by atoms with Gasteiger partial charge in [-0.15, -0.1) is 0 Å². The fourth-order valence-electron chi connectivity index (χ4n) is 13.6. The smallest absolute Gasteiger partial charge is 0.308 e. The highest BCUT2D eigenvalue weighted by molar-refractivity contribution is 5.94. The summed E-state index contributed by atoms with van der Waals surface area (Å²) < 4.78 is 12.7. The first-order valence-corrected chi connectivity index (χ1v) is 20.0. The Labute approximate surface area is 313 Å². The molecule has 0 saturated carbocycles. The van der Waals surface area contributed by atoms with E-state index in [9.17, 15) is 9.59 Å². The van der Waals surface area contributed by atoms with Gasteiger partial charge < -0.3 is 9.47 Å². The van der Waals surface area contributed by atoms with Gasteiger partial charge in [-0.05, 0) is 115 Å². The fraction of sp³-hybridized carbons (Fsp3) is 0.280. The summed E-state index contributed by atoms with van der Waals surface area (Å²) in [5, 5.41) is 0. The van der Waals surface area contributed by atoms with Gasteiger partial charge in [0.25, 0.3) is 0 Å². The lowest BCUT2D eigenvalue weighted by Gasteiger charge is -2.32. The van der Waals surface area contributed by atoms with Crippen LogP contribution in [0.15, 0.2) is 83.9 Å². The second-order valence-electron chi connectivity index (χ2n) is 17.5. The third kappa shape index (κ3) is 3.24. The maximum Gasteiger partial charge on any atom is 0.308 e. The predicted octanol–water partition coefficient (Wildman–Crippen LogP) is 10.4. The van der Waals surface area contributed by atoms with Crippen LogP contribution in [0.2, 0.25) is 0 Å². The molecular weight excluding hydrogens is 665 g/mol. The predicted molar refractivity (Wildman–Crippen MR) is 206 cm³/mol. The zero-order chi connectivity index (χ0) is 35.5. The van der Waals surface area contributed by atoms with Gasteiger partial charge in [0, 0.05) is 83.9 Å². The monoisotopic (exact) mass is 700 g/mol. The molecule has 0 amide bonds. The maximum atomic E-state index is 13.0. The summed E-state index contributed by atoms with van der Waals surface area (Å²) >= 11 is 0. The Morgan fingerprint density at radius 3 is 1.54 bits per heavy atom. The van der Waals surface area contributed by atoms with Crippen molar-refractivity contribution in [3.05, 3.63) is 173 Å². The topological polar surface area (TPSA) is 52.6 Å². The molecule has 0 aliphatic heterocycles. The number of hydrogen-bond donors (Lipinski definition) is 0. The average molecular weight is 701 g/mol. The molecule has 0 aromatic heterocycles. The van der Waals surface area contributed by atoms with E-state index in [4.69, 9.17) is 9.47 Å². The van der Waals surface area contributed by atoms with Crippen LogP contribution in [-0.2, 0) is 16.0 Å². The lowest BCUT2D eigenvalue weighted by Crippen LogP contribution is -2.19. The first kappa shape index (κ1) is 28.9. The molecule has 7 atom stereocenters. The maximum absolute atomic E-state index is 13.0. The number of hydrogen-bond acceptors (Lipinski definition) is 4. The van der Waals surface area contributed by atoms with E-state index in [0.29, 0.717) is 47.5 Å². The third-order valence-electron chi connectivity index (χ3n) is 15.4. The van der Waals surface area contributed by atoms with E-state index in [1.54, 1.807) is 0 Å². The van der Waals surface area contributed by atoms with Crippen molar-refractivity contribution in [2.24, 2.45) is 0 Å². The summed E-state index contributed by atoms with van der Waals surface area (Å²) in [4.78, 5) is 26.0. The molecule has 5 aromatic carbocycles. The summed E-state index contributed by atoms with van der Waals surface area (Å²) in [5.74, 6) is 3.15. The number of rotatable bonds is 2. The zero-order valence-electron chi connectivity index (χ0n) is 30.2. The van der Waals surface area contributed by atoms with Crippen LogP contribution < -0.4 is 9.47 Å². The number of carbonyl (C=O) groups excluding carboxylic acids is 2. The number of allylic oxidation sites excluding steroid dienone is 3. The van der Waals surface area contributed by atoms with E-state index in [-0.39, 0.29) is 23.8 Å². The Bertz CT molecular complexity index is 2810. The van der Waals surface area contributed by atoms with Gasteiger partial charge in [0.1, 0.15) is 11.5 Å². The fourth-order valence-corrected chi connectivity index (χ4v) is 13.6. The van der Waals surface area contributed by atoms with Crippen molar-refractivity contribution in [3.8, 4) is 11.5 Å². The van der Waals surface area contributed by atoms with Gasteiger partial charge in [-0.1, -0.05) is 72.8 Å². The highest BCUT2D eigenvalue weighted by Gasteiger charge is 2.52. The van der Waals surface area contributed by atoms with Crippen LogP contribution in [0.3, 0.4) is 0 Å². The summed E-state index contributed by atoms with van der Waals surface area (Å²) in [7, 11) is 0. The molecule has 9 aliphatic rings. The quantitative estimate of drug-likeness (QED) is 0.136. The Kier molecular flexibility index (Phi) is 5.05. The molecule has 7 unspecified atom stereocenters. The zero-order valence-corrected chi connectivity index (χ0v) is 30.2. The van der Waals surface area contributed by atoms with Crippen LogP contribution in [-0.4, -0.2) is 11.9 Å². The van der Waals surface area contributed by atoms with Crippen molar-refractivity contribution in [2.45, 2.75) is 87.4 Å². The normalized spacial score (nSPS) is 27.4. The molecule has 5 aromatic rings. The van der Waals surface area contributed by atoms with E-state index >= 15 is 0 Å². The lowest BCUT2D eigenvalue weighted by molar-refractivity contribution is -0.133. The van der Waals surface area contributed by atoms with Crippen molar-refractivity contribution >= 4 is 23.6 Å². The van der Waals surface area contributed by atoms with Gasteiger partial charge in [0.2, 0.25) is 0 Å². The van der Waals surface area contributed by atoms with Crippen LogP contribution in [0, 0.1) is 0 Å². The van der Waals surface area contributed by atoms with E-state index in [1.165, 1.54) is 104 Å². The minimum absolute atomic E-state index is 0.0911. The first-order valence-electron chi connectivity index (χ1n) is 20.0. The standard InChI is InChI=1S/C50H36O4/c1-21(51)53-49-45-18-39-37-15-38(36-14-32-28-11-27(31(32)13-35(36)37)23-7-3-4-8-24(23)28)40(39)19-46(45)50(54-22(2)52)48-44-20-43(47(48)49)41-16-33-29-12-30(34(33)17-42(41)44)26-10-6-5-9-25(26)29/h3-10,13-14,16-18,27-30,37,43-44H,11-12,15,19-20H2,1-2H3. The molecule has 9 aliphatic carbocycles. The van der Waals surface area contributed by atoms with E-state index < -0.39 is 0 Å². The molecule has 54 heavy (non-hydrogen) atoms. The van der Waals surface area contributed by atoms with Crippen LogP contribution >= 0.6 is 0 Å². The van der Waals surface area contributed by atoms with Crippen molar-refractivity contribution < 1.29 is 19.1 Å². The van der Waals surface area contributed by atoms with Crippen molar-refractivity contribution in [1.29, 1.82) is 0 Å². The number of benzene rings is 5. The van der Waals surface area contributed by atoms with Gasteiger partial charge in [0.15, 0.2) is 0 Å². The molecule has 0 fully saturated rings.